The van der Waals surface area contributed by atoms with Crippen LogP contribution in [0.1, 0.15) is 45.2 Å². The molecule has 22 heavy (non-hydrogen) atoms. The third-order valence-electron chi connectivity index (χ3n) is 4.40. The smallest absolute Gasteiger partial charge is 0.222 e. The molecule has 0 aromatic heterocycles. The average molecular weight is 304 g/mol. The van der Waals surface area contributed by atoms with Crippen LogP contribution in [0.3, 0.4) is 0 Å². The van der Waals surface area contributed by atoms with Crippen LogP contribution in [0, 0.1) is 5.92 Å². The van der Waals surface area contributed by atoms with Crippen molar-refractivity contribution in [3.63, 3.8) is 0 Å². The molecule has 2 rings (SSSR count). The zero-order valence-corrected chi connectivity index (χ0v) is 14.1. The molecule has 1 aliphatic rings. The maximum atomic E-state index is 11.8. The van der Waals surface area contributed by atoms with E-state index in [0.717, 1.165) is 25.3 Å². The zero-order chi connectivity index (χ0) is 16.1. The second-order valence-corrected chi connectivity index (χ2v) is 6.34. The highest BCUT2D eigenvalue weighted by Gasteiger charge is 2.28. The molecule has 1 aromatic rings. The summed E-state index contributed by atoms with van der Waals surface area (Å²) in [4.78, 5) is 13.8. The van der Waals surface area contributed by atoms with Crippen LogP contribution in [0.15, 0.2) is 24.3 Å². The van der Waals surface area contributed by atoms with Crippen molar-refractivity contribution >= 4 is 5.91 Å². The van der Waals surface area contributed by atoms with Gasteiger partial charge in [0.15, 0.2) is 0 Å². The first-order chi connectivity index (χ1) is 10.5. The van der Waals surface area contributed by atoms with Gasteiger partial charge in [0.25, 0.3) is 0 Å². The minimum Gasteiger partial charge on any atom is -0.497 e. The molecule has 0 spiro atoms. The van der Waals surface area contributed by atoms with Gasteiger partial charge >= 0.3 is 0 Å². The van der Waals surface area contributed by atoms with E-state index in [0.29, 0.717) is 24.4 Å². The lowest BCUT2D eigenvalue weighted by Gasteiger charge is -2.27. The van der Waals surface area contributed by atoms with E-state index in [9.17, 15) is 4.79 Å². The zero-order valence-electron chi connectivity index (χ0n) is 14.1. The number of benzene rings is 1. The Balaban J connectivity index is 2.02. The van der Waals surface area contributed by atoms with Crippen LogP contribution in [-0.4, -0.2) is 37.0 Å². The number of likely N-dealkylation sites (tertiary alicyclic amines) is 1. The molecule has 2 atom stereocenters. The standard InChI is InChI=1S/C18H28N2O2/c1-5-17(21)20-11-10-15(12-20)19-18(13(2)3)14-6-8-16(22-4)9-7-14/h6-9,13,15,18-19H,5,10-12H2,1-4H3/t15-,18-/m0/s1. The fraction of sp³-hybridized carbons (Fsp3) is 0.611. The van der Waals surface area contributed by atoms with Crippen LogP contribution < -0.4 is 10.1 Å². The van der Waals surface area contributed by atoms with Crippen LogP contribution in [0.4, 0.5) is 0 Å². The van der Waals surface area contributed by atoms with Crippen LogP contribution >= 0.6 is 0 Å². The molecule has 1 amide bonds. The van der Waals surface area contributed by atoms with Crippen LogP contribution in [0.5, 0.6) is 5.75 Å². The molecule has 1 fully saturated rings. The van der Waals surface area contributed by atoms with Crippen LogP contribution in [-0.2, 0) is 4.79 Å². The summed E-state index contributed by atoms with van der Waals surface area (Å²) in [5.41, 5.74) is 1.27. The van der Waals surface area contributed by atoms with Gasteiger partial charge in [0.05, 0.1) is 7.11 Å². The highest BCUT2D eigenvalue weighted by Crippen LogP contribution is 2.26. The minimum absolute atomic E-state index is 0.259. The van der Waals surface area contributed by atoms with E-state index < -0.39 is 0 Å². The number of carbonyl (C=O) groups is 1. The Hall–Kier alpha value is -1.55. The SMILES string of the molecule is CCC(=O)N1CC[C@H](N[C@H](c2ccc(OC)cc2)C(C)C)C1. The first kappa shape index (κ1) is 16.8. The van der Waals surface area contributed by atoms with Crippen molar-refractivity contribution in [1.29, 1.82) is 0 Å². The summed E-state index contributed by atoms with van der Waals surface area (Å²) in [5, 5.41) is 3.74. The number of amides is 1. The van der Waals surface area contributed by atoms with Gasteiger partial charge in [-0.1, -0.05) is 32.9 Å². The van der Waals surface area contributed by atoms with Crippen molar-refractivity contribution in [3.8, 4) is 5.75 Å². The quantitative estimate of drug-likeness (QED) is 0.878. The number of hydrogen-bond donors (Lipinski definition) is 1. The molecule has 0 unspecified atom stereocenters. The molecule has 4 heteroatoms. The van der Waals surface area contributed by atoms with Gasteiger partial charge in [-0.3, -0.25) is 4.79 Å². The Labute approximate surface area is 133 Å². The first-order valence-corrected chi connectivity index (χ1v) is 8.23. The lowest BCUT2D eigenvalue weighted by Crippen LogP contribution is -2.38. The molecular formula is C18H28N2O2. The van der Waals surface area contributed by atoms with Crippen molar-refractivity contribution < 1.29 is 9.53 Å². The number of methoxy groups -OCH3 is 1. The third kappa shape index (κ3) is 4.01. The molecule has 0 aliphatic carbocycles. The molecule has 1 heterocycles. The first-order valence-electron chi connectivity index (χ1n) is 8.23. The number of nitrogens with zero attached hydrogens (tertiary/aromatic N) is 1. The largest absolute Gasteiger partial charge is 0.497 e. The van der Waals surface area contributed by atoms with Gasteiger partial charge in [-0.15, -0.1) is 0 Å². The number of rotatable bonds is 6. The second kappa shape index (κ2) is 7.63. The van der Waals surface area contributed by atoms with Gasteiger partial charge in [0.1, 0.15) is 5.75 Å². The molecular weight excluding hydrogens is 276 g/mol. The summed E-state index contributed by atoms with van der Waals surface area (Å²) < 4.78 is 5.23. The van der Waals surface area contributed by atoms with Crippen molar-refractivity contribution in [2.75, 3.05) is 20.2 Å². The number of nitrogens with one attached hydrogen (secondary N) is 1. The van der Waals surface area contributed by atoms with E-state index in [1.807, 2.05) is 24.0 Å². The molecule has 0 radical (unpaired) electrons. The summed E-state index contributed by atoms with van der Waals surface area (Å²) in [6.07, 6.45) is 1.63. The predicted octanol–water partition coefficient (Wildman–Crippen LogP) is 2.99. The van der Waals surface area contributed by atoms with Crippen LogP contribution in [0.25, 0.3) is 0 Å². The molecule has 4 nitrogen and oxygen atoms in total. The molecule has 1 aliphatic heterocycles. The van der Waals surface area contributed by atoms with E-state index in [1.54, 1.807) is 7.11 Å². The molecule has 122 valence electrons. The monoisotopic (exact) mass is 304 g/mol. The lowest BCUT2D eigenvalue weighted by molar-refractivity contribution is -0.129. The van der Waals surface area contributed by atoms with Gasteiger partial charge in [0, 0.05) is 31.6 Å². The molecule has 1 saturated heterocycles. The fourth-order valence-corrected chi connectivity index (χ4v) is 3.09. The van der Waals surface area contributed by atoms with E-state index in [4.69, 9.17) is 4.74 Å². The van der Waals surface area contributed by atoms with E-state index in [1.165, 1.54) is 5.56 Å². The van der Waals surface area contributed by atoms with Gasteiger partial charge in [-0.05, 0) is 30.0 Å². The summed E-state index contributed by atoms with van der Waals surface area (Å²) >= 11 is 0. The summed E-state index contributed by atoms with van der Waals surface area (Å²) in [5.74, 6) is 1.63. The Morgan fingerprint density at radius 1 is 1.36 bits per heavy atom. The summed E-state index contributed by atoms with van der Waals surface area (Å²) in [6.45, 7) is 8.08. The number of hydrogen-bond acceptors (Lipinski definition) is 3. The third-order valence-corrected chi connectivity index (χ3v) is 4.40. The Bertz CT molecular complexity index is 484. The number of ether oxygens (including phenoxy) is 1. The average Bonchev–Trinajstić information content (AvgIpc) is 3.00. The van der Waals surface area contributed by atoms with E-state index in [-0.39, 0.29) is 5.91 Å². The van der Waals surface area contributed by atoms with Gasteiger partial charge in [-0.2, -0.15) is 0 Å². The highest BCUT2D eigenvalue weighted by molar-refractivity contribution is 5.76. The normalized spacial score (nSPS) is 19.5. The minimum atomic E-state index is 0.259. The lowest BCUT2D eigenvalue weighted by atomic mass is 9.95. The van der Waals surface area contributed by atoms with E-state index in [2.05, 4.69) is 31.3 Å². The van der Waals surface area contributed by atoms with E-state index >= 15 is 0 Å². The van der Waals surface area contributed by atoms with Crippen molar-refractivity contribution in [2.45, 2.75) is 45.7 Å². The number of carbonyl (C=O) groups excluding carboxylic acids is 1. The highest BCUT2D eigenvalue weighted by atomic mass is 16.5. The Kier molecular flexibility index (Phi) is 5.83. The van der Waals surface area contributed by atoms with Gasteiger partial charge in [0.2, 0.25) is 5.91 Å². The van der Waals surface area contributed by atoms with Crippen molar-refractivity contribution in [3.05, 3.63) is 29.8 Å². The molecule has 1 N–H and O–H groups in total. The Morgan fingerprint density at radius 3 is 2.59 bits per heavy atom. The predicted molar refractivity (Wildman–Crippen MR) is 89.0 cm³/mol. The summed E-state index contributed by atoms with van der Waals surface area (Å²) in [7, 11) is 1.69. The fourth-order valence-electron chi connectivity index (χ4n) is 3.09. The maximum Gasteiger partial charge on any atom is 0.222 e. The van der Waals surface area contributed by atoms with Crippen molar-refractivity contribution in [1.82, 2.24) is 10.2 Å². The second-order valence-electron chi connectivity index (χ2n) is 6.34. The molecule has 0 saturated carbocycles. The van der Waals surface area contributed by atoms with Gasteiger partial charge in [-0.25, -0.2) is 0 Å². The molecule has 1 aromatic carbocycles. The molecule has 0 bridgehead atoms. The van der Waals surface area contributed by atoms with Crippen LogP contribution in [0.2, 0.25) is 0 Å². The topological polar surface area (TPSA) is 41.6 Å². The Morgan fingerprint density at radius 2 is 2.05 bits per heavy atom. The van der Waals surface area contributed by atoms with Gasteiger partial charge < -0.3 is 15.0 Å². The maximum absolute atomic E-state index is 11.8. The summed E-state index contributed by atoms with van der Waals surface area (Å²) in [6, 6.07) is 8.94. The van der Waals surface area contributed by atoms with Crippen molar-refractivity contribution in [2.24, 2.45) is 5.92 Å².